The van der Waals surface area contributed by atoms with E-state index in [4.69, 9.17) is 0 Å². The van der Waals surface area contributed by atoms with Gasteiger partial charge in [0.25, 0.3) is 0 Å². The molecule has 6 heteroatoms. The molecule has 0 spiro atoms. The van der Waals surface area contributed by atoms with E-state index in [9.17, 15) is 22.0 Å². The Morgan fingerprint density at radius 2 is 1.11 bits per heavy atom. The van der Waals surface area contributed by atoms with E-state index in [0.717, 1.165) is 4.90 Å². The van der Waals surface area contributed by atoms with Gasteiger partial charge in [-0.05, 0) is 12.1 Å². The van der Waals surface area contributed by atoms with Gasteiger partial charge in [-0.3, -0.25) is 0 Å². The van der Waals surface area contributed by atoms with Gasteiger partial charge < -0.3 is 4.90 Å². The van der Waals surface area contributed by atoms with Crippen molar-refractivity contribution < 1.29 is 22.0 Å². The quantitative estimate of drug-likeness (QED) is 0.451. The van der Waals surface area contributed by atoms with Gasteiger partial charge in [0, 0.05) is 12.7 Å². The Balaban J connectivity index is 2.64. The first-order chi connectivity index (χ1) is 8.95. The van der Waals surface area contributed by atoms with Crippen molar-refractivity contribution in [1.29, 1.82) is 0 Å². The van der Waals surface area contributed by atoms with Gasteiger partial charge in [-0.25, -0.2) is 22.0 Å². The van der Waals surface area contributed by atoms with Crippen molar-refractivity contribution in [1.82, 2.24) is 0 Å². The maximum absolute atomic E-state index is 13.6. The number of nitrogens with zero attached hydrogens (tertiary/aromatic N) is 1. The molecule has 2 aromatic carbocycles. The van der Waals surface area contributed by atoms with Gasteiger partial charge in [-0.1, -0.05) is 18.2 Å². The molecule has 2 aromatic rings. The summed E-state index contributed by atoms with van der Waals surface area (Å²) in [6.07, 6.45) is 0. The molecule has 19 heavy (non-hydrogen) atoms. The molecule has 0 N–H and O–H groups in total. The van der Waals surface area contributed by atoms with Crippen LogP contribution in [0, 0.1) is 29.1 Å². The molecule has 0 radical (unpaired) electrons. The normalized spacial score (nSPS) is 10.6. The number of rotatable bonds is 2. The van der Waals surface area contributed by atoms with Gasteiger partial charge in [0.15, 0.2) is 23.3 Å². The zero-order valence-corrected chi connectivity index (χ0v) is 9.72. The number of halogens is 5. The Morgan fingerprint density at radius 3 is 1.58 bits per heavy atom. The fourth-order valence-corrected chi connectivity index (χ4v) is 1.67. The van der Waals surface area contributed by atoms with Crippen LogP contribution in [-0.4, -0.2) is 7.05 Å². The molecule has 0 saturated carbocycles. The second kappa shape index (κ2) is 4.87. The minimum absolute atomic E-state index is 0.297. The molecular weight excluding hydrogens is 265 g/mol. The number of benzene rings is 2. The molecular formula is C13H8F5N. The number of hydrogen-bond donors (Lipinski definition) is 0. The minimum Gasteiger partial charge on any atom is -0.340 e. The van der Waals surface area contributed by atoms with E-state index in [2.05, 4.69) is 0 Å². The molecule has 0 heterocycles. The van der Waals surface area contributed by atoms with Crippen LogP contribution >= 0.6 is 0 Å². The topological polar surface area (TPSA) is 3.24 Å². The Morgan fingerprint density at radius 1 is 0.684 bits per heavy atom. The van der Waals surface area contributed by atoms with Crippen LogP contribution in [0.15, 0.2) is 30.3 Å². The van der Waals surface area contributed by atoms with E-state index in [-0.39, 0.29) is 0 Å². The van der Waals surface area contributed by atoms with Crippen LogP contribution in [0.5, 0.6) is 0 Å². The van der Waals surface area contributed by atoms with Gasteiger partial charge in [0.05, 0.1) is 0 Å². The van der Waals surface area contributed by atoms with Crippen molar-refractivity contribution >= 4 is 11.4 Å². The fraction of sp³-hybridized carbons (Fsp3) is 0.0769. The maximum Gasteiger partial charge on any atom is 0.200 e. The predicted octanol–water partition coefficient (Wildman–Crippen LogP) is 4.15. The van der Waals surface area contributed by atoms with Crippen molar-refractivity contribution in [3.8, 4) is 0 Å². The smallest absolute Gasteiger partial charge is 0.200 e. The third-order valence-corrected chi connectivity index (χ3v) is 2.67. The molecule has 0 aliphatic carbocycles. The zero-order chi connectivity index (χ0) is 14.2. The predicted molar refractivity (Wildman–Crippen MR) is 60.7 cm³/mol. The second-order valence-electron chi connectivity index (χ2n) is 3.81. The highest BCUT2D eigenvalue weighted by Crippen LogP contribution is 2.33. The SMILES string of the molecule is CN(c1ccccc1)c1c(F)c(F)c(F)c(F)c1F. The Kier molecular flexibility index (Phi) is 3.42. The summed E-state index contributed by atoms with van der Waals surface area (Å²) in [5.74, 6) is -9.81. The molecule has 0 unspecified atom stereocenters. The maximum atomic E-state index is 13.6. The lowest BCUT2D eigenvalue weighted by Crippen LogP contribution is -2.16. The number of hydrogen-bond acceptors (Lipinski definition) is 1. The molecule has 2 rings (SSSR count). The highest BCUT2D eigenvalue weighted by atomic mass is 19.2. The average Bonchev–Trinajstić information content (AvgIpc) is 2.44. The average molecular weight is 273 g/mol. The van der Waals surface area contributed by atoms with Crippen LogP contribution < -0.4 is 4.90 Å². The summed E-state index contributed by atoms with van der Waals surface area (Å²) in [6.45, 7) is 0. The molecule has 0 atom stereocenters. The van der Waals surface area contributed by atoms with Crippen molar-refractivity contribution in [3.63, 3.8) is 0 Å². The lowest BCUT2D eigenvalue weighted by atomic mass is 10.2. The van der Waals surface area contributed by atoms with Crippen LogP contribution in [0.25, 0.3) is 0 Å². The van der Waals surface area contributed by atoms with Gasteiger partial charge in [-0.2, -0.15) is 0 Å². The summed E-state index contributed by atoms with van der Waals surface area (Å²) in [5.41, 5.74) is -0.687. The molecule has 0 aliphatic heterocycles. The highest BCUT2D eigenvalue weighted by molar-refractivity contribution is 5.63. The Labute approximate surface area is 105 Å². The monoisotopic (exact) mass is 273 g/mol. The molecule has 100 valence electrons. The van der Waals surface area contributed by atoms with Crippen LogP contribution in [0.4, 0.5) is 33.3 Å². The summed E-state index contributed by atoms with van der Waals surface area (Å²) in [5, 5.41) is 0. The molecule has 0 aromatic heterocycles. The van der Waals surface area contributed by atoms with E-state index < -0.39 is 34.8 Å². The van der Waals surface area contributed by atoms with Crippen molar-refractivity contribution in [3.05, 3.63) is 59.4 Å². The van der Waals surface area contributed by atoms with E-state index >= 15 is 0 Å². The highest BCUT2D eigenvalue weighted by Gasteiger charge is 2.28. The van der Waals surface area contributed by atoms with E-state index in [1.54, 1.807) is 18.2 Å². The molecule has 0 amide bonds. The van der Waals surface area contributed by atoms with E-state index in [1.165, 1.54) is 19.2 Å². The van der Waals surface area contributed by atoms with Crippen LogP contribution in [0.3, 0.4) is 0 Å². The van der Waals surface area contributed by atoms with Crippen LogP contribution in [0.1, 0.15) is 0 Å². The fourth-order valence-electron chi connectivity index (χ4n) is 1.67. The molecule has 0 aliphatic rings. The minimum atomic E-state index is -2.17. The van der Waals surface area contributed by atoms with Crippen LogP contribution in [0.2, 0.25) is 0 Å². The largest absolute Gasteiger partial charge is 0.340 e. The van der Waals surface area contributed by atoms with Crippen molar-refractivity contribution in [2.24, 2.45) is 0 Å². The number of para-hydroxylation sites is 1. The Bertz CT molecular complexity index is 583. The lowest BCUT2D eigenvalue weighted by Gasteiger charge is -2.21. The van der Waals surface area contributed by atoms with Gasteiger partial charge in [-0.15, -0.1) is 0 Å². The first-order valence-corrected chi connectivity index (χ1v) is 5.25. The molecule has 0 saturated heterocycles. The third kappa shape index (κ3) is 2.14. The summed E-state index contributed by atoms with van der Waals surface area (Å²) in [6, 6.07) is 7.79. The third-order valence-electron chi connectivity index (χ3n) is 2.67. The molecule has 0 bridgehead atoms. The van der Waals surface area contributed by atoms with E-state index in [0.29, 0.717) is 5.69 Å². The standard InChI is InChI=1S/C13H8F5N/c1-19(7-5-3-2-4-6-7)13-11(17)9(15)8(14)10(16)12(13)18/h2-6H,1H3. The number of anilines is 2. The van der Waals surface area contributed by atoms with Gasteiger partial charge >= 0.3 is 0 Å². The Hall–Kier alpha value is -2.11. The molecule has 1 nitrogen and oxygen atoms in total. The first kappa shape index (κ1) is 13.3. The summed E-state index contributed by atoms with van der Waals surface area (Å²) in [4.78, 5) is 0.899. The summed E-state index contributed by atoms with van der Waals surface area (Å²) >= 11 is 0. The lowest BCUT2D eigenvalue weighted by molar-refractivity contribution is 0.380. The second-order valence-corrected chi connectivity index (χ2v) is 3.81. The molecule has 0 fully saturated rings. The van der Waals surface area contributed by atoms with Gasteiger partial charge in [0.2, 0.25) is 5.82 Å². The van der Waals surface area contributed by atoms with E-state index in [1.807, 2.05) is 0 Å². The zero-order valence-electron chi connectivity index (χ0n) is 9.72. The summed E-state index contributed by atoms with van der Waals surface area (Å²) < 4.78 is 66.3. The van der Waals surface area contributed by atoms with Crippen molar-refractivity contribution in [2.75, 3.05) is 11.9 Å². The summed E-state index contributed by atoms with van der Waals surface area (Å²) in [7, 11) is 1.22. The first-order valence-electron chi connectivity index (χ1n) is 5.25. The van der Waals surface area contributed by atoms with Crippen LogP contribution in [-0.2, 0) is 0 Å². The van der Waals surface area contributed by atoms with Gasteiger partial charge in [0.1, 0.15) is 5.69 Å². The van der Waals surface area contributed by atoms with Crippen molar-refractivity contribution in [2.45, 2.75) is 0 Å².